The lowest BCUT2D eigenvalue weighted by atomic mass is 10.2. The van der Waals surface area contributed by atoms with Crippen LogP contribution in [0, 0.1) is 0 Å². The molecule has 0 aromatic carbocycles. The molecule has 1 aromatic rings. The molecular weight excluding hydrogens is 210 g/mol. The molecule has 90 valence electrons. The first-order chi connectivity index (χ1) is 7.72. The summed E-state index contributed by atoms with van der Waals surface area (Å²) in [4.78, 5) is 10.3. The van der Waals surface area contributed by atoms with Gasteiger partial charge in [-0.05, 0) is 19.3 Å². The van der Waals surface area contributed by atoms with Crippen molar-refractivity contribution in [1.29, 1.82) is 0 Å². The molecule has 0 amide bonds. The van der Waals surface area contributed by atoms with Crippen LogP contribution < -0.4 is 0 Å². The fourth-order valence-corrected chi connectivity index (χ4v) is 1.36. The van der Waals surface area contributed by atoms with Crippen LogP contribution in [0.3, 0.4) is 0 Å². The van der Waals surface area contributed by atoms with Crippen molar-refractivity contribution in [3.05, 3.63) is 11.9 Å². The van der Waals surface area contributed by atoms with Crippen LogP contribution in [0.4, 0.5) is 0 Å². The second kappa shape index (κ2) is 6.95. The number of aliphatic hydroxyl groups is 1. The molecule has 0 bridgehead atoms. The molecule has 0 aliphatic heterocycles. The van der Waals surface area contributed by atoms with E-state index in [0.29, 0.717) is 12.1 Å². The number of aliphatic carboxylic acids is 1. The summed E-state index contributed by atoms with van der Waals surface area (Å²) < 4.78 is 1.72. The fraction of sp³-hybridized carbons (Fsp3) is 0.700. The van der Waals surface area contributed by atoms with Gasteiger partial charge in [0.1, 0.15) is 0 Å². The van der Waals surface area contributed by atoms with Gasteiger partial charge in [-0.15, -0.1) is 5.10 Å². The zero-order chi connectivity index (χ0) is 11.8. The molecule has 1 aromatic heterocycles. The zero-order valence-electron chi connectivity index (χ0n) is 9.17. The van der Waals surface area contributed by atoms with Gasteiger partial charge in [-0.2, -0.15) is 0 Å². The highest BCUT2D eigenvalue weighted by Crippen LogP contribution is 2.01. The summed E-state index contributed by atoms with van der Waals surface area (Å²) in [5.41, 5.74) is 0.713. The zero-order valence-corrected chi connectivity index (χ0v) is 9.17. The van der Waals surface area contributed by atoms with Gasteiger partial charge in [0.05, 0.1) is 12.1 Å². The molecule has 6 heteroatoms. The van der Waals surface area contributed by atoms with Gasteiger partial charge < -0.3 is 10.2 Å². The Labute approximate surface area is 93.9 Å². The third kappa shape index (κ3) is 4.88. The Kier molecular flexibility index (Phi) is 5.49. The number of aromatic nitrogens is 3. The van der Waals surface area contributed by atoms with E-state index in [9.17, 15) is 4.79 Å². The van der Waals surface area contributed by atoms with Crippen molar-refractivity contribution >= 4 is 5.97 Å². The summed E-state index contributed by atoms with van der Waals surface area (Å²) in [5.74, 6) is -0.822. The second-order valence-electron chi connectivity index (χ2n) is 3.65. The number of unbranched alkanes of at least 4 members (excludes halogenated alkanes) is 2. The summed E-state index contributed by atoms with van der Waals surface area (Å²) in [7, 11) is 0. The number of hydrogen-bond donors (Lipinski definition) is 2. The van der Waals surface area contributed by atoms with E-state index in [4.69, 9.17) is 10.2 Å². The number of carboxylic acid groups (broad SMARTS) is 1. The molecule has 0 radical (unpaired) electrons. The molecule has 0 saturated heterocycles. The maximum atomic E-state index is 10.3. The Morgan fingerprint density at radius 2 is 2.19 bits per heavy atom. The first-order valence-corrected chi connectivity index (χ1v) is 5.44. The SMILES string of the molecule is O=C(O)CCc1cn(CCCCCO)nn1. The molecule has 0 spiro atoms. The average molecular weight is 227 g/mol. The third-order valence-corrected chi connectivity index (χ3v) is 2.23. The van der Waals surface area contributed by atoms with E-state index in [0.717, 1.165) is 25.8 Å². The van der Waals surface area contributed by atoms with Crippen molar-refractivity contribution in [1.82, 2.24) is 15.0 Å². The Balaban J connectivity index is 2.25. The van der Waals surface area contributed by atoms with Crippen LogP contribution in [0.15, 0.2) is 6.20 Å². The summed E-state index contributed by atoms with van der Waals surface area (Å²) >= 11 is 0. The van der Waals surface area contributed by atoms with Gasteiger partial charge in [-0.3, -0.25) is 9.48 Å². The Morgan fingerprint density at radius 3 is 2.88 bits per heavy atom. The number of nitrogens with zero attached hydrogens (tertiary/aromatic N) is 3. The molecule has 16 heavy (non-hydrogen) atoms. The first-order valence-electron chi connectivity index (χ1n) is 5.44. The monoisotopic (exact) mass is 227 g/mol. The van der Waals surface area contributed by atoms with Crippen molar-refractivity contribution in [2.45, 2.75) is 38.6 Å². The second-order valence-corrected chi connectivity index (χ2v) is 3.65. The molecule has 0 unspecified atom stereocenters. The fourth-order valence-electron chi connectivity index (χ4n) is 1.36. The minimum Gasteiger partial charge on any atom is -0.481 e. The quantitative estimate of drug-likeness (QED) is 0.630. The maximum Gasteiger partial charge on any atom is 0.303 e. The van der Waals surface area contributed by atoms with E-state index in [1.165, 1.54) is 0 Å². The summed E-state index contributed by atoms with van der Waals surface area (Å²) in [6.07, 6.45) is 5.00. The minimum absolute atomic E-state index is 0.0865. The highest BCUT2D eigenvalue weighted by atomic mass is 16.4. The van der Waals surface area contributed by atoms with Gasteiger partial charge in [0.25, 0.3) is 0 Å². The summed E-state index contributed by atoms with van der Waals surface area (Å²) in [5, 5.41) is 24.9. The Hall–Kier alpha value is -1.43. The first kappa shape index (κ1) is 12.6. The highest BCUT2D eigenvalue weighted by Gasteiger charge is 2.03. The number of aryl methyl sites for hydroxylation is 2. The molecule has 0 fully saturated rings. The van der Waals surface area contributed by atoms with Crippen LogP contribution in [-0.2, 0) is 17.8 Å². The maximum absolute atomic E-state index is 10.3. The standard InChI is InChI=1S/C10H17N3O3/c14-7-3-1-2-6-13-8-9(11-12-13)4-5-10(15)16/h8,14H,1-7H2,(H,15,16). The number of aliphatic hydroxyl groups excluding tert-OH is 1. The van der Waals surface area contributed by atoms with Gasteiger partial charge in [-0.1, -0.05) is 5.21 Å². The average Bonchev–Trinajstić information content (AvgIpc) is 2.70. The van der Waals surface area contributed by atoms with E-state index in [2.05, 4.69) is 10.3 Å². The predicted molar refractivity (Wildman–Crippen MR) is 56.9 cm³/mol. The van der Waals surface area contributed by atoms with Crippen molar-refractivity contribution in [3.63, 3.8) is 0 Å². The normalized spacial score (nSPS) is 10.6. The topological polar surface area (TPSA) is 88.2 Å². The Morgan fingerprint density at radius 1 is 1.38 bits per heavy atom. The van der Waals surface area contributed by atoms with E-state index in [-0.39, 0.29) is 13.0 Å². The number of hydrogen-bond acceptors (Lipinski definition) is 4. The molecule has 0 saturated carbocycles. The smallest absolute Gasteiger partial charge is 0.303 e. The van der Waals surface area contributed by atoms with Crippen LogP contribution in [0.25, 0.3) is 0 Å². The predicted octanol–water partition coefficient (Wildman–Crippen LogP) is 0.458. The van der Waals surface area contributed by atoms with Gasteiger partial charge in [0.2, 0.25) is 0 Å². The van der Waals surface area contributed by atoms with Gasteiger partial charge in [0, 0.05) is 25.8 Å². The van der Waals surface area contributed by atoms with Crippen molar-refractivity contribution < 1.29 is 15.0 Å². The minimum atomic E-state index is -0.822. The molecule has 1 heterocycles. The molecular formula is C10H17N3O3. The van der Waals surface area contributed by atoms with E-state index < -0.39 is 5.97 Å². The molecule has 0 atom stereocenters. The molecule has 0 aliphatic rings. The molecule has 0 aliphatic carbocycles. The lowest BCUT2D eigenvalue weighted by molar-refractivity contribution is -0.136. The highest BCUT2D eigenvalue weighted by molar-refractivity contribution is 5.66. The lowest BCUT2D eigenvalue weighted by Crippen LogP contribution is -1.99. The van der Waals surface area contributed by atoms with E-state index in [1.807, 2.05) is 0 Å². The van der Waals surface area contributed by atoms with Crippen LogP contribution in [0.1, 0.15) is 31.4 Å². The molecule has 2 N–H and O–H groups in total. The number of rotatable bonds is 8. The number of carbonyl (C=O) groups is 1. The Bertz CT molecular complexity index is 325. The van der Waals surface area contributed by atoms with Gasteiger partial charge >= 0.3 is 5.97 Å². The summed E-state index contributed by atoms with van der Waals surface area (Å²) in [6, 6.07) is 0. The van der Waals surface area contributed by atoms with Crippen LogP contribution in [0.5, 0.6) is 0 Å². The van der Waals surface area contributed by atoms with Crippen molar-refractivity contribution in [2.75, 3.05) is 6.61 Å². The van der Waals surface area contributed by atoms with Crippen molar-refractivity contribution in [3.8, 4) is 0 Å². The van der Waals surface area contributed by atoms with Gasteiger partial charge in [-0.25, -0.2) is 0 Å². The number of carboxylic acids is 1. The third-order valence-electron chi connectivity index (χ3n) is 2.23. The molecule has 6 nitrogen and oxygen atoms in total. The largest absolute Gasteiger partial charge is 0.481 e. The van der Waals surface area contributed by atoms with Crippen LogP contribution in [-0.4, -0.2) is 37.8 Å². The van der Waals surface area contributed by atoms with Crippen LogP contribution in [0.2, 0.25) is 0 Å². The molecule has 1 rings (SSSR count). The summed E-state index contributed by atoms with van der Waals surface area (Å²) in [6.45, 7) is 0.987. The van der Waals surface area contributed by atoms with Crippen molar-refractivity contribution in [2.24, 2.45) is 0 Å². The van der Waals surface area contributed by atoms with Crippen LogP contribution >= 0.6 is 0 Å². The van der Waals surface area contributed by atoms with Gasteiger partial charge in [0.15, 0.2) is 0 Å². The lowest BCUT2D eigenvalue weighted by Gasteiger charge is -1.98. The van der Waals surface area contributed by atoms with E-state index >= 15 is 0 Å². The van der Waals surface area contributed by atoms with E-state index in [1.54, 1.807) is 10.9 Å².